The van der Waals surface area contributed by atoms with Crippen LogP contribution in [-0.4, -0.2) is 53.6 Å². The predicted molar refractivity (Wildman–Crippen MR) is 119 cm³/mol. The number of hydrogen-bond acceptors (Lipinski definition) is 8. The molecule has 0 spiro atoms. The van der Waals surface area contributed by atoms with Gasteiger partial charge in [-0.2, -0.15) is 0 Å². The summed E-state index contributed by atoms with van der Waals surface area (Å²) in [6.45, 7) is 0.970. The zero-order valence-electron chi connectivity index (χ0n) is 18.3. The summed E-state index contributed by atoms with van der Waals surface area (Å²) in [5.74, 6) is -1.24. The number of esters is 1. The molecule has 2 rings (SSSR count). The van der Waals surface area contributed by atoms with Gasteiger partial charge in [-0.25, -0.2) is 18.4 Å². The lowest BCUT2D eigenvalue weighted by Gasteiger charge is -2.14. The first kappa shape index (κ1) is 25.6. The topological polar surface area (TPSA) is 163 Å². The minimum absolute atomic E-state index is 0.00371. The third-order valence-corrected chi connectivity index (χ3v) is 5.31. The number of rotatable bonds is 10. The van der Waals surface area contributed by atoms with E-state index in [2.05, 4.69) is 10.6 Å². The number of carbonyl (C=O) groups is 3. The predicted octanol–water partition coefficient (Wildman–Crippen LogP) is 0.825. The number of anilines is 1. The van der Waals surface area contributed by atoms with Crippen LogP contribution < -0.4 is 25.2 Å². The first-order chi connectivity index (χ1) is 15.5. The van der Waals surface area contributed by atoms with Gasteiger partial charge in [0.15, 0.2) is 18.1 Å². The monoisotopic (exact) mass is 479 g/mol. The summed E-state index contributed by atoms with van der Waals surface area (Å²) in [5.41, 5.74) is 0.920. The van der Waals surface area contributed by atoms with Crippen LogP contribution in [0.25, 0.3) is 0 Å². The zero-order valence-corrected chi connectivity index (χ0v) is 19.2. The number of amides is 2. The maximum atomic E-state index is 12.5. The van der Waals surface area contributed by atoms with Crippen LogP contribution in [0.5, 0.6) is 11.5 Å². The number of nitrogens with two attached hydrogens (primary N) is 1. The molecule has 0 saturated carbocycles. The molecule has 4 N–H and O–H groups in total. The van der Waals surface area contributed by atoms with Crippen LogP contribution >= 0.6 is 0 Å². The summed E-state index contributed by atoms with van der Waals surface area (Å²) in [7, 11) is -0.968. The molecule has 178 valence electrons. The molecule has 0 radical (unpaired) electrons. The van der Waals surface area contributed by atoms with Gasteiger partial charge in [0, 0.05) is 25.6 Å². The Bertz CT molecular complexity index is 1130. The van der Waals surface area contributed by atoms with Crippen LogP contribution in [0.1, 0.15) is 22.8 Å². The van der Waals surface area contributed by atoms with Gasteiger partial charge in [-0.05, 0) is 24.1 Å². The Morgan fingerprint density at radius 3 is 2.15 bits per heavy atom. The fourth-order valence-electron chi connectivity index (χ4n) is 2.79. The van der Waals surface area contributed by atoms with Gasteiger partial charge in [-0.3, -0.25) is 9.59 Å². The van der Waals surface area contributed by atoms with Crippen molar-refractivity contribution in [3.63, 3.8) is 0 Å². The van der Waals surface area contributed by atoms with Gasteiger partial charge in [0.1, 0.15) is 0 Å². The molecule has 0 fully saturated rings. The fourth-order valence-corrected chi connectivity index (χ4v) is 3.31. The van der Waals surface area contributed by atoms with E-state index in [-0.39, 0.29) is 28.4 Å². The molecule has 0 heterocycles. The maximum absolute atomic E-state index is 12.5. The molecule has 12 heteroatoms. The SMILES string of the molecule is COc1cc(NC(C)=O)c(C(=O)OCC(=O)NCCc2ccc(S(N)(=O)=O)cc2)cc1OC. The third kappa shape index (κ3) is 7.47. The van der Waals surface area contributed by atoms with Crippen molar-refractivity contribution in [1.29, 1.82) is 0 Å². The van der Waals surface area contributed by atoms with E-state index in [0.29, 0.717) is 12.2 Å². The normalized spacial score (nSPS) is 10.8. The summed E-state index contributed by atoms with van der Waals surface area (Å²) >= 11 is 0. The summed E-state index contributed by atoms with van der Waals surface area (Å²) in [6, 6.07) is 8.70. The number of benzene rings is 2. The molecular formula is C21H25N3O8S. The Balaban J connectivity index is 1.94. The Morgan fingerprint density at radius 1 is 1.00 bits per heavy atom. The van der Waals surface area contributed by atoms with Crippen LogP contribution in [0.3, 0.4) is 0 Å². The third-order valence-electron chi connectivity index (χ3n) is 4.38. The second-order valence-corrected chi connectivity index (χ2v) is 8.36. The van der Waals surface area contributed by atoms with Crippen LogP contribution in [0.2, 0.25) is 0 Å². The number of sulfonamides is 1. The number of carbonyl (C=O) groups excluding carboxylic acids is 3. The lowest BCUT2D eigenvalue weighted by atomic mass is 10.1. The molecule has 0 aliphatic heterocycles. The second-order valence-electron chi connectivity index (χ2n) is 6.80. The van der Waals surface area contributed by atoms with Crippen molar-refractivity contribution in [3.8, 4) is 11.5 Å². The number of methoxy groups -OCH3 is 2. The van der Waals surface area contributed by atoms with E-state index in [1.807, 2.05) is 0 Å². The number of nitrogens with one attached hydrogen (secondary N) is 2. The van der Waals surface area contributed by atoms with Crippen molar-refractivity contribution in [2.75, 3.05) is 32.7 Å². The molecule has 0 saturated heterocycles. The largest absolute Gasteiger partial charge is 0.493 e. The molecule has 0 bridgehead atoms. The molecule has 0 aromatic heterocycles. The summed E-state index contributed by atoms with van der Waals surface area (Å²) in [5, 5.41) is 10.2. The molecule has 11 nitrogen and oxygen atoms in total. The average Bonchev–Trinajstić information content (AvgIpc) is 2.76. The van der Waals surface area contributed by atoms with E-state index in [4.69, 9.17) is 19.3 Å². The Morgan fingerprint density at radius 2 is 1.61 bits per heavy atom. The highest BCUT2D eigenvalue weighted by Crippen LogP contribution is 2.33. The van der Waals surface area contributed by atoms with E-state index in [1.165, 1.54) is 45.4 Å². The molecule has 0 atom stereocenters. The van der Waals surface area contributed by atoms with Gasteiger partial charge < -0.3 is 24.8 Å². The van der Waals surface area contributed by atoms with Crippen LogP contribution in [0.4, 0.5) is 5.69 Å². The minimum Gasteiger partial charge on any atom is -0.493 e. The Hall–Kier alpha value is -3.64. The van der Waals surface area contributed by atoms with Gasteiger partial charge in [0.2, 0.25) is 15.9 Å². The standard InChI is InChI=1S/C21H25N3O8S/c1-13(25)24-17-11-19(31-3)18(30-2)10-16(17)21(27)32-12-20(26)23-9-8-14-4-6-15(7-5-14)33(22,28)29/h4-7,10-11H,8-9,12H2,1-3H3,(H,23,26)(H,24,25)(H2,22,28,29). The summed E-state index contributed by atoms with van der Waals surface area (Å²) in [6.07, 6.45) is 0.424. The maximum Gasteiger partial charge on any atom is 0.340 e. The van der Waals surface area contributed by atoms with Crippen LogP contribution in [0.15, 0.2) is 41.3 Å². The highest BCUT2D eigenvalue weighted by Gasteiger charge is 2.20. The second kappa shape index (κ2) is 11.3. The van der Waals surface area contributed by atoms with E-state index in [0.717, 1.165) is 5.56 Å². The Kier molecular flexibility index (Phi) is 8.77. The fraction of sp³-hybridized carbons (Fsp3) is 0.286. The lowest BCUT2D eigenvalue weighted by molar-refractivity contribution is -0.124. The molecule has 2 amide bonds. The van der Waals surface area contributed by atoms with Gasteiger partial charge in [0.05, 0.1) is 30.4 Å². The van der Waals surface area contributed by atoms with E-state index in [1.54, 1.807) is 12.1 Å². The highest BCUT2D eigenvalue weighted by atomic mass is 32.2. The first-order valence-corrected chi connectivity index (χ1v) is 11.2. The van der Waals surface area contributed by atoms with Gasteiger partial charge in [-0.15, -0.1) is 0 Å². The molecule has 0 aliphatic rings. The van der Waals surface area contributed by atoms with E-state index < -0.39 is 34.4 Å². The van der Waals surface area contributed by atoms with Crippen molar-refractivity contribution < 1.29 is 37.0 Å². The molecule has 2 aromatic carbocycles. The smallest absolute Gasteiger partial charge is 0.340 e. The van der Waals surface area contributed by atoms with E-state index >= 15 is 0 Å². The van der Waals surface area contributed by atoms with Gasteiger partial charge in [-0.1, -0.05) is 12.1 Å². The molecule has 2 aromatic rings. The molecular weight excluding hydrogens is 454 g/mol. The minimum atomic E-state index is -3.77. The Labute approximate surface area is 191 Å². The van der Waals surface area contributed by atoms with Crippen molar-refractivity contribution in [2.24, 2.45) is 5.14 Å². The average molecular weight is 480 g/mol. The molecule has 0 unspecified atom stereocenters. The number of ether oxygens (including phenoxy) is 3. The van der Waals surface area contributed by atoms with Crippen LogP contribution in [0, 0.1) is 0 Å². The zero-order chi connectivity index (χ0) is 24.6. The van der Waals surface area contributed by atoms with Crippen molar-refractivity contribution in [2.45, 2.75) is 18.2 Å². The van der Waals surface area contributed by atoms with Crippen LogP contribution in [-0.2, 0) is 30.8 Å². The number of primary sulfonamides is 1. The van der Waals surface area contributed by atoms with Crippen molar-refractivity contribution in [1.82, 2.24) is 5.32 Å². The van der Waals surface area contributed by atoms with E-state index in [9.17, 15) is 22.8 Å². The van der Waals surface area contributed by atoms with Crippen molar-refractivity contribution in [3.05, 3.63) is 47.5 Å². The summed E-state index contributed by atoms with van der Waals surface area (Å²) in [4.78, 5) is 36.0. The summed E-state index contributed by atoms with van der Waals surface area (Å²) < 4.78 is 37.9. The lowest BCUT2D eigenvalue weighted by Crippen LogP contribution is -2.30. The number of hydrogen-bond donors (Lipinski definition) is 3. The quantitative estimate of drug-likeness (QED) is 0.422. The molecule has 33 heavy (non-hydrogen) atoms. The highest BCUT2D eigenvalue weighted by molar-refractivity contribution is 7.89. The van der Waals surface area contributed by atoms with Gasteiger partial charge >= 0.3 is 5.97 Å². The first-order valence-electron chi connectivity index (χ1n) is 9.64. The molecule has 0 aliphatic carbocycles. The van der Waals surface area contributed by atoms with Crippen molar-refractivity contribution >= 4 is 33.5 Å². The van der Waals surface area contributed by atoms with Gasteiger partial charge in [0.25, 0.3) is 5.91 Å².